The van der Waals surface area contributed by atoms with Gasteiger partial charge in [-0.15, -0.1) is 11.8 Å². The summed E-state index contributed by atoms with van der Waals surface area (Å²) in [5, 5.41) is 12.7. The predicted molar refractivity (Wildman–Crippen MR) is 88.5 cm³/mol. The van der Waals surface area contributed by atoms with Crippen molar-refractivity contribution in [3.05, 3.63) is 59.7 Å². The highest BCUT2D eigenvalue weighted by Crippen LogP contribution is 2.28. The van der Waals surface area contributed by atoms with E-state index >= 15 is 0 Å². The third kappa shape index (κ3) is 3.79. The zero-order chi connectivity index (χ0) is 15.2. The molecule has 0 bridgehead atoms. The molecule has 0 fully saturated rings. The van der Waals surface area contributed by atoms with Crippen LogP contribution in [0.4, 0.5) is 5.69 Å². The lowest BCUT2D eigenvalue weighted by Crippen LogP contribution is -2.13. The molecule has 0 aliphatic rings. The Morgan fingerprint density at radius 2 is 1.90 bits per heavy atom. The first-order valence-electron chi connectivity index (χ1n) is 6.82. The van der Waals surface area contributed by atoms with Gasteiger partial charge in [0.1, 0.15) is 0 Å². The van der Waals surface area contributed by atoms with E-state index in [0.29, 0.717) is 23.7 Å². The average molecular weight is 301 g/mol. The van der Waals surface area contributed by atoms with E-state index in [1.807, 2.05) is 42.7 Å². The Labute approximate surface area is 129 Å². The maximum atomic E-state index is 11.5. The number of thioether (sulfide) groups is 1. The van der Waals surface area contributed by atoms with Gasteiger partial charge in [-0.1, -0.05) is 43.3 Å². The van der Waals surface area contributed by atoms with Crippen LogP contribution < -0.4 is 5.32 Å². The Morgan fingerprint density at radius 3 is 2.52 bits per heavy atom. The van der Waals surface area contributed by atoms with Crippen LogP contribution in [0, 0.1) is 0 Å². The summed E-state index contributed by atoms with van der Waals surface area (Å²) in [5.74, 6) is -0.583. The van der Waals surface area contributed by atoms with E-state index in [4.69, 9.17) is 0 Å². The Hall–Kier alpha value is -1.94. The fraction of sp³-hybridized carbons (Fsp3) is 0.235. The highest BCUT2D eigenvalue weighted by atomic mass is 32.2. The molecule has 0 saturated carbocycles. The molecule has 0 aliphatic carbocycles. The lowest BCUT2D eigenvalue weighted by molar-refractivity contribution is 0.0694. The first-order chi connectivity index (χ1) is 10.1. The molecule has 0 saturated heterocycles. The highest BCUT2D eigenvalue weighted by Gasteiger charge is 2.15. The Bertz CT molecular complexity index is 613. The Kier molecular flexibility index (Phi) is 5.28. The lowest BCUT2D eigenvalue weighted by Gasteiger charge is -2.16. The number of aromatic carboxylic acids is 1. The standard InChI is InChI=1S/C17H19NO2S/c1-12(13-7-4-3-5-8-13)11-18-14-9-6-10-15(21-2)16(14)17(19)20/h3-10,12,18H,11H2,1-2H3,(H,19,20). The number of nitrogens with one attached hydrogen (secondary N) is 1. The van der Waals surface area contributed by atoms with Crippen LogP contribution in [-0.4, -0.2) is 23.9 Å². The van der Waals surface area contributed by atoms with Gasteiger partial charge < -0.3 is 10.4 Å². The molecule has 2 N–H and O–H groups in total. The normalized spacial score (nSPS) is 11.9. The summed E-state index contributed by atoms with van der Waals surface area (Å²) < 4.78 is 0. The van der Waals surface area contributed by atoms with Gasteiger partial charge in [-0.3, -0.25) is 0 Å². The van der Waals surface area contributed by atoms with Crippen LogP contribution in [0.25, 0.3) is 0 Å². The molecule has 0 radical (unpaired) electrons. The Balaban J connectivity index is 2.15. The molecule has 2 aromatic carbocycles. The van der Waals surface area contributed by atoms with Crippen molar-refractivity contribution in [1.82, 2.24) is 0 Å². The minimum absolute atomic E-state index is 0.311. The van der Waals surface area contributed by atoms with Gasteiger partial charge >= 0.3 is 5.97 Å². The summed E-state index contributed by atoms with van der Waals surface area (Å²) in [7, 11) is 0. The number of carbonyl (C=O) groups is 1. The Morgan fingerprint density at radius 1 is 1.19 bits per heavy atom. The van der Waals surface area contributed by atoms with Crippen LogP contribution in [-0.2, 0) is 0 Å². The molecule has 2 aromatic rings. The van der Waals surface area contributed by atoms with Crippen LogP contribution >= 0.6 is 11.8 Å². The van der Waals surface area contributed by atoms with E-state index in [1.165, 1.54) is 17.3 Å². The summed E-state index contributed by atoms with van der Waals surface area (Å²) in [6.07, 6.45) is 1.89. The SMILES string of the molecule is CSc1cccc(NCC(C)c2ccccc2)c1C(=O)O. The molecule has 1 unspecified atom stereocenters. The van der Waals surface area contributed by atoms with Crippen molar-refractivity contribution in [3.63, 3.8) is 0 Å². The zero-order valence-electron chi connectivity index (χ0n) is 12.2. The molecular formula is C17H19NO2S. The minimum Gasteiger partial charge on any atom is -0.478 e. The second-order valence-electron chi connectivity index (χ2n) is 4.88. The van der Waals surface area contributed by atoms with E-state index < -0.39 is 5.97 Å². The average Bonchev–Trinajstić information content (AvgIpc) is 2.52. The quantitative estimate of drug-likeness (QED) is 0.780. The van der Waals surface area contributed by atoms with Crippen molar-refractivity contribution in [2.24, 2.45) is 0 Å². The molecule has 110 valence electrons. The largest absolute Gasteiger partial charge is 0.478 e. The number of benzene rings is 2. The summed E-state index contributed by atoms with van der Waals surface area (Å²) in [4.78, 5) is 12.2. The number of carboxylic acids is 1. The van der Waals surface area contributed by atoms with Crippen LogP contribution in [0.1, 0.15) is 28.8 Å². The van der Waals surface area contributed by atoms with E-state index in [-0.39, 0.29) is 0 Å². The van der Waals surface area contributed by atoms with E-state index in [2.05, 4.69) is 24.4 Å². The first kappa shape index (κ1) is 15.4. The topological polar surface area (TPSA) is 49.3 Å². The van der Waals surface area contributed by atoms with Gasteiger partial charge in [-0.2, -0.15) is 0 Å². The van der Waals surface area contributed by atoms with Gasteiger partial charge in [0, 0.05) is 17.1 Å². The fourth-order valence-corrected chi connectivity index (χ4v) is 2.85. The first-order valence-corrected chi connectivity index (χ1v) is 8.05. The van der Waals surface area contributed by atoms with Gasteiger partial charge in [-0.25, -0.2) is 4.79 Å². The maximum absolute atomic E-state index is 11.5. The molecule has 2 rings (SSSR count). The van der Waals surface area contributed by atoms with Crippen LogP contribution in [0.5, 0.6) is 0 Å². The van der Waals surface area contributed by atoms with Crippen molar-refractivity contribution >= 4 is 23.4 Å². The van der Waals surface area contributed by atoms with Crippen molar-refractivity contribution in [2.75, 3.05) is 18.1 Å². The van der Waals surface area contributed by atoms with Crippen LogP contribution in [0.3, 0.4) is 0 Å². The highest BCUT2D eigenvalue weighted by molar-refractivity contribution is 7.98. The second kappa shape index (κ2) is 7.18. The third-order valence-electron chi connectivity index (χ3n) is 3.43. The third-order valence-corrected chi connectivity index (χ3v) is 4.21. The molecule has 0 spiro atoms. The number of carboxylic acid groups (broad SMARTS) is 1. The maximum Gasteiger partial charge on any atom is 0.338 e. The molecule has 0 aliphatic heterocycles. The van der Waals surface area contributed by atoms with Crippen molar-refractivity contribution < 1.29 is 9.90 Å². The van der Waals surface area contributed by atoms with Crippen LogP contribution in [0.15, 0.2) is 53.4 Å². The predicted octanol–water partition coefficient (Wildman–Crippen LogP) is 4.32. The molecule has 1 atom stereocenters. The van der Waals surface area contributed by atoms with Gasteiger partial charge in [0.15, 0.2) is 0 Å². The molecule has 0 heterocycles. The van der Waals surface area contributed by atoms with E-state index in [0.717, 1.165) is 4.90 Å². The van der Waals surface area contributed by atoms with Gasteiger partial charge in [-0.05, 0) is 29.9 Å². The monoisotopic (exact) mass is 301 g/mol. The number of rotatable bonds is 6. The van der Waals surface area contributed by atoms with Gasteiger partial charge in [0.25, 0.3) is 0 Å². The molecule has 4 heteroatoms. The zero-order valence-corrected chi connectivity index (χ0v) is 13.0. The summed E-state index contributed by atoms with van der Waals surface area (Å²) >= 11 is 1.45. The smallest absolute Gasteiger partial charge is 0.338 e. The molecule has 0 aromatic heterocycles. The van der Waals surface area contributed by atoms with Crippen LogP contribution in [0.2, 0.25) is 0 Å². The van der Waals surface area contributed by atoms with Gasteiger partial charge in [0.05, 0.1) is 5.56 Å². The lowest BCUT2D eigenvalue weighted by atomic mass is 10.0. The summed E-state index contributed by atoms with van der Waals surface area (Å²) in [6, 6.07) is 15.7. The minimum atomic E-state index is -0.894. The summed E-state index contributed by atoms with van der Waals surface area (Å²) in [5.41, 5.74) is 2.27. The van der Waals surface area contributed by atoms with E-state index in [1.54, 1.807) is 0 Å². The number of anilines is 1. The number of hydrogen-bond acceptors (Lipinski definition) is 3. The van der Waals surface area contributed by atoms with Crippen molar-refractivity contribution in [3.8, 4) is 0 Å². The molecule has 21 heavy (non-hydrogen) atoms. The molecular weight excluding hydrogens is 282 g/mol. The summed E-state index contributed by atoms with van der Waals surface area (Å²) in [6.45, 7) is 2.82. The van der Waals surface area contributed by atoms with Crippen molar-refractivity contribution in [1.29, 1.82) is 0 Å². The molecule has 0 amide bonds. The van der Waals surface area contributed by atoms with Gasteiger partial charge in [0.2, 0.25) is 0 Å². The second-order valence-corrected chi connectivity index (χ2v) is 5.73. The fourth-order valence-electron chi connectivity index (χ4n) is 2.23. The molecule has 3 nitrogen and oxygen atoms in total. The number of hydrogen-bond donors (Lipinski definition) is 2. The van der Waals surface area contributed by atoms with E-state index in [9.17, 15) is 9.90 Å². The van der Waals surface area contributed by atoms with Crippen molar-refractivity contribution in [2.45, 2.75) is 17.7 Å².